The van der Waals surface area contributed by atoms with Crippen LogP contribution in [-0.2, 0) is 17.7 Å². The molecule has 1 aromatic heterocycles. The van der Waals surface area contributed by atoms with Crippen LogP contribution in [0, 0.1) is 0 Å². The summed E-state index contributed by atoms with van der Waals surface area (Å²) in [5, 5.41) is 7.92. The number of aryl methyl sites for hydroxylation is 1. The number of thiazole rings is 1. The molecule has 2 heterocycles. The molecule has 6 nitrogen and oxygen atoms in total. The van der Waals surface area contributed by atoms with Crippen LogP contribution < -0.4 is 10.6 Å². The minimum Gasteiger partial charge on any atom is -0.381 e. The van der Waals surface area contributed by atoms with Crippen LogP contribution in [0.4, 0.5) is 0 Å². The predicted molar refractivity (Wildman–Crippen MR) is 112 cm³/mol. The fourth-order valence-corrected chi connectivity index (χ4v) is 3.56. The molecule has 24 heavy (non-hydrogen) atoms. The number of aliphatic imine (C=N–C) groups is 1. The van der Waals surface area contributed by atoms with E-state index in [-0.39, 0.29) is 29.5 Å². The molecule has 0 aliphatic carbocycles. The van der Waals surface area contributed by atoms with Crippen LogP contribution in [-0.4, -0.2) is 62.3 Å². The predicted octanol–water partition coefficient (Wildman–Crippen LogP) is 2.10. The third kappa shape index (κ3) is 5.82. The van der Waals surface area contributed by atoms with E-state index in [0.29, 0.717) is 6.54 Å². The first-order chi connectivity index (χ1) is 11.1. The summed E-state index contributed by atoms with van der Waals surface area (Å²) >= 11 is 1.75. The van der Waals surface area contributed by atoms with E-state index in [1.165, 1.54) is 4.88 Å². The quantitative estimate of drug-likeness (QED) is 0.381. The van der Waals surface area contributed by atoms with Crippen molar-refractivity contribution in [2.45, 2.75) is 38.3 Å². The molecule has 8 heteroatoms. The molecule has 0 aromatic carbocycles. The van der Waals surface area contributed by atoms with Crippen molar-refractivity contribution in [3.63, 3.8) is 0 Å². The van der Waals surface area contributed by atoms with Gasteiger partial charge in [-0.15, -0.1) is 35.3 Å². The number of guanidine groups is 1. The molecule has 2 rings (SSSR count). The Morgan fingerprint density at radius 3 is 2.62 bits per heavy atom. The highest BCUT2D eigenvalue weighted by Crippen LogP contribution is 2.25. The monoisotopic (exact) mass is 467 g/mol. The summed E-state index contributed by atoms with van der Waals surface area (Å²) in [5.41, 5.74) is 0.131. The van der Waals surface area contributed by atoms with Crippen molar-refractivity contribution >= 4 is 41.3 Å². The van der Waals surface area contributed by atoms with Gasteiger partial charge in [-0.1, -0.05) is 6.92 Å². The fraction of sp³-hybridized carbons (Fsp3) is 0.750. The van der Waals surface area contributed by atoms with E-state index < -0.39 is 0 Å². The molecule has 1 saturated heterocycles. The largest absolute Gasteiger partial charge is 0.381 e. The Morgan fingerprint density at radius 1 is 1.38 bits per heavy atom. The molecule has 0 amide bonds. The van der Waals surface area contributed by atoms with Crippen LogP contribution in [0.25, 0.3) is 0 Å². The van der Waals surface area contributed by atoms with E-state index >= 15 is 0 Å². The number of rotatable bonds is 6. The highest BCUT2D eigenvalue weighted by Gasteiger charge is 2.34. The lowest BCUT2D eigenvalue weighted by Gasteiger charge is -2.43. The first-order valence-electron chi connectivity index (χ1n) is 8.23. The molecule has 0 bridgehead atoms. The molecule has 0 radical (unpaired) electrons. The van der Waals surface area contributed by atoms with Crippen LogP contribution in [0.15, 0.2) is 11.2 Å². The van der Waals surface area contributed by atoms with Gasteiger partial charge < -0.3 is 20.3 Å². The number of nitrogens with zero attached hydrogens (tertiary/aromatic N) is 3. The van der Waals surface area contributed by atoms with E-state index in [2.05, 4.69) is 46.5 Å². The SMILES string of the molecule is CCc1cnc(CNC(=NC)NCC2(N(C)C)CCOCC2)s1.I. The number of nitrogens with one attached hydrogen (secondary N) is 2. The Kier molecular flexibility index (Phi) is 9.47. The van der Waals surface area contributed by atoms with Crippen LogP contribution in [0.3, 0.4) is 0 Å². The maximum Gasteiger partial charge on any atom is 0.191 e. The molecule has 1 fully saturated rings. The molecule has 0 saturated carbocycles. The lowest BCUT2D eigenvalue weighted by molar-refractivity contribution is -0.00501. The van der Waals surface area contributed by atoms with E-state index in [4.69, 9.17) is 4.74 Å². The van der Waals surface area contributed by atoms with Crippen molar-refractivity contribution in [3.05, 3.63) is 16.1 Å². The highest BCUT2D eigenvalue weighted by atomic mass is 127. The lowest BCUT2D eigenvalue weighted by atomic mass is 9.88. The van der Waals surface area contributed by atoms with Gasteiger partial charge in [0.15, 0.2) is 5.96 Å². The van der Waals surface area contributed by atoms with Crippen LogP contribution >= 0.6 is 35.3 Å². The Balaban J connectivity index is 0.00000288. The van der Waals surface area contributed by atoms with E-state index in [0.717, 1.165) is 50.0 Å². The summed E-state index contributed by atoms with van der Waals surface area (Å²) in [7, 11) is 6.09. The van der Waals surface area contributed by atoms with Crippen LogP contribution in [0.5, 0.6) is 0 Å². The van der Waals surface area contributed by atoms with Gasteiger partial charge in [0.25, 0.3) is 0 Å². The van der Waals surface area contributed by atoms with Crippen molar-refractivity contribution in [1.29, 1.82) is 0 Å². The molecule has 2 N–H and O–H groups in total. The molecular weight excluding hydrogens is 437 g/mol. The van der Waals surface area contributed by atoms with Crippen LogP contribution in [0.1, 0.15) is 29.7 Å². The second-order valence-corrected chi connectivity index (χ2v) is 7.28. The van der Waals surface area contributed by atoms with Gasteiger partial charge in [-0.3, -0.25) is 4.99 Å². The number of aromatic nitrogens is 1. The summed E-state index contributed by atoms with van der Waals surface area (Å²) in [5.74, 6) is 0.825. The Morgan fingerprint density at radius 2 is 2.08 bits per heavy atom. The number of halogens is 1. The Bertz CT molecular complexity index is 514. The van der Waals surface area contributed by atoms with Gasteiger partial charge in [0.1, 0.15) is 5.01 Å². The number of likely N-dealkylation sites (N-methyl/N-ethyl adjacent to an activating group) is 1. The van der Waals surface area contributed by atoms with E-state index in [9.17, 15) is 0 Å². The second-order valence-electron chi connectivity index (χ2n) is 6.08. The first-order valence-corrected chi connectivity index (χ1v) is 9.04. The standard InChI is InChI=1S/C16H29N5OS.HI/c1-5-13-10-18-14(23-13)11-19-15(17-2)20-12-16(21(3)4)6-8-22-9-7-16;/h10H,5-9,11-12H2,1-4H3,(H2,17,19,20);1H. The molecule has 138 valence electrons. The normalized spacial score (nSPS) is 17.5. The van der Waals surface area contributed by atoms with Crippen molar-refractivity contribution in [3.8, 4) is 0 Å². The lowest BCUT2D eigenvalue weighted by Crippen LogP contribution is -2.57. The summed E-state index contributed by atoms with van der Waals surface area (Å²) in [6, 6.07) is 0. The average Bonchev–Trinajstić information content (AvgIpc) is 3.04. The van der Waals surface area contributed by atoms with Gasteiger partial charge in [-0.05, 0) is 33.4 Å². The number of ether oxygens (including phenoxy) is 1. The summed E-state index contributed by atoms with van der Waals surface area (Å²) in [4.78, 5) is 12.4. The molecule has 1 aliphatic rings. The zero-order valence-corrected chi connectivity index (χ0v) is 18.2. The van der Waals surface area contributed by atoms with Crippen molar-refractivity contribution in [1.82, 2.24) is 20.5 Å². The minimum atomic E-state index is 0. The van der Waals surface area contributed by atoms with Crippen LogP contribution in [0.2, 0.25) is 0 Å². The molecule has 1 aromatic rings. The molecule has 0 spiro atoms. The van der Waals surface area contributed by atoms with Gasteiger partial charge >= 0.3 is 0 Å². The maximum absolute atomic E-state index is 5.52. The zero-order chi connectivity index (χ0) is 16.7. The minimum absolute atomic E-state index is 0. The molecular formula is C16H30IN5OS. The highest BCUT2D eigenvalue weighted by molar-refractivity contribution is 14.0. The number of hydrogen-bond donors (Lipinski definition) is 2. The second kappa shape index (κ2) is 10.5. The van der Waals surface area contributed by atoms with Crippen molar-refractivity contribution in [2.75, 3.05) is 40.9 Å². The third-order valence-corrected chi connectivity index (χ3v) is 5.68. The van der Waals surface area contributed by atoms with Gasteiger partial charge in [0, 0.05) is 43.4 Å². The molecule has 1 aliphatic heterocycles. The van der Waals surface area contributed by atoms with Gasteiger partial charge in [0.2, 0.25) is 0 Å². The Hall–Kier alpha value is -0.450. The van der Waals surface area contributed by atoms with E-state index in [1.54, 1.807) is 18.4 Å². The maximum atomic E-state index is 5.52. The summed E-state index contributed by atoms with van der Waals surface area (Å²) in [6.07, 6.45) is 5.08. The van der Waals surface area contributed by atoms with E-state index in [1.807, 2.05) is 6.20 Å². The number of hydrogen-bond acceptors (Lipinski definition) is 5. The molecule has 0 unspecified atom stereocenters. The van der Waals surface area contributed by atoms with Gasteiger partial charge in [-0.25, -0.2) is 4.98 Å². The fourth-order valence-electron chi connectivity index (χ4n) is 2.75. The van der Waals surface area contributed by atoms with Crippen molar-refractivity contribution < 1.29 is 4.74 Å². The van der Waals surface area contributed by atoms with Gasteiger partial charge in [-0.2, -0.15) is 0 Å². The zero-order valence-electron chi connectivity index (χ0n) is 15.1. The van der Waals surface area contributed by atoms with Crippen molar-refractivity contribution in [2.24, 2.45) is 4.99 Å². The average molecular weight is 467 g/mol. The smallest absolute Gasteiger partial charge is 0.191 e. The third-order valence-electron chi connectivity index (χ3n) is 4.54. The summed E-state index contributed by atoms with van der Waals surface area (Å²) < 4.78 is 5.52. The first kappa shape index (κ1) is 21.6. The summed E-state index contributed by atoms with van der Waals surface area (Å²) in [6.45, 7) is 5.37. The molecule has 0 atom stereocenters. The topological polar surface area (TPSA) is 61.8 Å². The Labute approximate surface area is 166 Å². The van der Waals surface area contributed by atoms with Gasteiger partial charge in [0.05, 0.1) is 6.54 Å².